The Labute approximate surface area is 231 Å². The SMILES string of the molecule is CC(CN(C)C)NC(=O)CN1CCN(CCCCCOc2ccc3c(-c4ccc(Cl)cc4)coc3c2)CC1. The van der Waals surface area contributed by atoms with Crippen LogP contribution in [0.1, 0.15) is 26.2 Å². The maximum atomic E-state index is 12.3. The van der Waals surface area contributed by atoms with Gasteiger partial charge in [-0.05, 0) is 76.7 Å². The molecule has 0 spiro atoms. The van der Waals surface area contributed by atoms with Crippen LogP contribution in [0.4, 0.5) is 0 Å². The fourth-order valence-corrected chi connectivity index (χ4v) is 5.17. The van der Waals surface area contributed by atoms with Crippen LogP contribution in [0.5, 0.6) is 5.75 Å². The van der Waals surface area contributed by atoms with E-state index in [1.165, 1.54) is 0 Å². The van der Waals surface area contributed by atoms with Crippen LogP contribution >= 0.6 is 11.6 Å². The van der Waals surface area contributed by atoms with E-state index in [4.69, 9.17) is 20.8 Å². The number of rotatable bonds is 13. The number of carbonyl (C=O) groups excluding carboxylic acids is 1. The van der Waals surface area contributed by atoms with Crippen molar-refractivity contribution in [3.63, 3.8) is 0 Å². The molecular weight excluding hydrogens is 500 g/mol. The molecule has 1 atom stereocenters. The third-order valence-corrected chi connectivity index (χ3v) is 7.22. The summed E-state index contributed by atoms with van der Waals surface area (Å²) in [6.07, 6.45) is 5.11. The van der Waals surface area contributed by atoms with Crippen LogP contribution < -0.4 is 10.1 Å². The summed E-state index contributed by atoms with van der Waals surface area (Å²) in [6, 6.07) is 14.0. The zero-order valence-electron chi connectivity index (χ0n) is 22.9. The summed E-state index contributed by atoms with van der Waals surface area (Å²) in [7, 11) is 4.05. The van der Waals surface area contributed by atoms with Gasteiger partial charge in [0.15, 0.2) is 0 Å². The van der Waals surface area contributed by atoms with Crippen molar-refractivity contribution < 1.29 is 13.9 Å². The number of carbonyl (C=O) groups is 1. The fraction of sp³-hybridized carbons (Fsp3) is 0.500. The smallest absolute Gasteiger partial charge is 0.234 e. The lowest BCUT2D eigenvalue weighted by Gasteiger charge is -2.34. The maximum absolute atomic E-state index is 12.3. The number of furan rings is 1. The summed E-state index contributed by atoms with van der Waals surface area (Å²) in [5.41, 5.74) is 2.97. The molecule has 0 bridgehead atoms. The minimum absolute atomic E-state index is 0.126. The molecule has 0 radical (unpaired) electrons. The molecule has 1 N–H and O–H groups in total. The minimum atomic E-state index is 0.126. The first-order valence-corrected chi connectivity index (χ1v) is 14.0. The largest absolute Gasteiger partial charge is 0.493 e. The van der Waals surface area contributed by atoms with Gasteiger partial charge in [-0.1, -0.05) is 23.7 Å². The van der Waals surface area contributed by atoms with Crippen LogP contribution in [0.2, 0.25) is 5.02 Å². The van der Waals surface area contributed by atoms with Gasteiger partial charge in [0, 0.05) is 60.8 Å². The third-order valence-electron chi connectivity index (χ3n) is 6.97. The number of ether oxygens (including phenoxy) is 1. The van der Waals surface area contributed by atoms with Crippen LogP contribution in [-0.4, -0.2) is 93.2 Å². The van der Waals surface area contributed by atoms with Crippen molar-refractivity contribution in [2.24, 2.45) is 0 Å². The van der Waals surface area contributed by atoms with E-state index in [1.807, 2.05) is 50.5 Å². The van der Waals surface area contributed by atoms with Crippen molar-refractivity contribution in [3.05, 3.63) is 53.8 Å². The van der Waals surface area contributed by atoms with Crippen LogP contribution in [0.3, 0.4) is 0 Å². The fourth-order valence-electron chi connectivity index (χ4n) is 5.04. The lowest BCUT2D eigenvalue weighted by molar-refractivity contribution is -0.123. The summed E-state index contributed by atoms with van der Waals surface area (Å²) in [5, 5.41) is 4.89. The van der Waals surface area contributed by atoms with Gasteiger partial charge in [0.25, 0.3) is 0 Å². The first-order chi connectivity index (χ1) is 18.4. The molecule has 7 nitrogen and oxygen atoms in total. The van der Waals surface area contributed by atoms with Crippen LogP contribution in [0.25, 0.3) is 22.1 Å². The Bertz CT molecular complexity index is 1160. The number of halogens is 1. The van der Waals surface area contributed by atoms with Crippen molar-refractivity contribution in [2.75, 3.05) is 66.5 Å². The summed E-state index contributed by atoms with van der Waals surface area (Å²) in [4.78, 5) is 19.1. The molecule has 1 unspecified atom stereocenters. The third kappa shape index (κ3) is 8.46. The van der Waals surface area contributed by atoms with Crippen LogP contribution in [0.15, 0.2) is 53.1 Å². The van der Waals surface area contributed by atoms with E-state index >= 15 is 0 Å². The molecule has 1 aliphatic heterocycles. The highest BCUT2D eigenvalue weighted by molar-refractivity contribution is 6.30. The number of piperazine rings is 1. The Kier molecular flexibility index (Phi) is 10.5. The van der Waals surface area contributed by atoms with Gasteiger partial charge < -0.3 is 24.3 Å². The van der Waals surface area contributed by atoms with Crippen molar-refractivity contribution >= 4 is 28.5 Å². The molecule has 2 aromatic carbocycles. The predicted octanol–water partition coefficient (Wildman–Crippen LogP) is 4.99. The number of amides is 1. The highest BCUT2D eigenvalue weighted by Crippen LogP contribution is 2.33. The molecule has 206 valence electrons. The molecule has 1 fully saturated rings. The second-order valence-electron chi connectivity index (χ2n) is 10.6. The maximum Gasteiger partial charge on any atom is 0.234 e. The average molecular weight is 541 g/mol. The average Bonchev–Trinajstić information content (AvgIpc) is 3.30. The van der Waals surface area contributed by atoms with Gasteiger partial charge in [-0.3, -0.25) is 9.69 Å². The van der Waals surface area contributed by atoms with E-state index in [1.54, 1.807) is 6.26 Å². The number of nitrogens with zero attached hydrogens (tertiary/aromatic N) is 3. The number of nitrogens with one attached hydrogen (secondary N) is 1. The van der Waals surface area contributed by atoms with E-state index in [9.17, 15) is 4.79 Å². The van der Waals surface area contributed by atoms with Gasteiger partial charge >= 0.3 is 0 Å². The van der Waals surface area contributed by atoms with Gasteiger partial charge in [-0.2, -0.15) is 0 Å². The standard InChI is InChI=1S/C30H41ClN4O3/c1-23(20-33(2)3)32-30(36)21-35-16-14-34(15-17-35)13-5-4-6-18-37-26-11-12-27-28(22-38-29(27)19-26)24-7-9-25(31)10-8-24/h7-12,19,22-23H,4-6,13-18,20-21H2,1-3H3,(H,32,36). The van der Waals surface area contributed by atoms with Crippen molar-refractivity contribution in [3.8, 4) is 16.9 Å². The molecule has 3 aromatic rings. The molecule has 0 saturated carbocycles. The lowest BCUT2D eigenvalue weighted by atomic mass is 10.0. The molecule has 0 aliphatic carbocycles. The van der Waals surface area contributed by atoms with E-state index < -0.39 is 0 Å². The van der Waals surface area contributed by atoms with Gasteiger partial charge in [-0.25, -0.2) is 0 Å². The highest BCUT2D eigenvalue weighted by atomic mass is 35.5. The summed E-state index contributed by atoms with van der Waals surface area (Å²) in [5.74, 6) is 0.965. The Hall–Kier alpha value is -2.58. The van der Waals surface area contributed by atoms with E-state index in [0.717, 1.165) is 91.4 Å². The van der Waals surface area contributed by atoms with Crippen molar-refractivity contribution in [1.82, 2.24) is 20.0 Å². The predicted molar refractivity (Wildman–Crippen MR) is 155 cm³/mol. The zero-order valence-corrected chi connectivity index (χ0v) is 23.7. The summed E-state index contributed by atoms with van der Waals surface area (Å²) in [6.45, 7) is 9.16. The second-order valence-corrected chi connectivity index (χ2v) is 11.0. The number of fused-ring (bicyclic) bond motifs is 1. The molecule has 8 heteroatoms. The molecule has 4 rings (SSSR count). The molecule has 38 heavy (non-hydrogen) atoms. The monoisotopic (exact) mass is 540 g/mol. The zero-order chi connectivity index (χ0) is 26.9. The van der Waals surface area contributed by atoms with Gasteiger partial charge in [0.05, 0.1) is 19.4 Å². The van der Waals surface area contributed by atoms with Gasteiger partial charge in [-0.15, -0.1) is 0 Å². The Balaban J connectivity index is 1.09. The molecule has 1 amide bonds. The van der Waals surface area contributed by atoms with Crippen molar-refractivity contribution in [2.45, 2.75) is 32.2 Å². The van der Waals surface area contributed by atoms with E-state index in [0.29, 0.717) is 13.2 Å². The number of likely N-dealkylation sites (N-methyl/N-ethyl adjacent to an activating group) is 1. The number of hydrogen-bond acceptors (Lipinski definition) is 6. The lowest BCUT2D eigenvalue weighted by Crippen LogP contribution is -2.51. The molecule has 1 aromatic heterocycles. The molecule has 1 aliphatic rings. The Morgan fingerprint density at radius 2 is 1.79 bits per heavy atom. The van der Waals surface area contributed by atoms with Crippen molar-refractivity contribution in [1.29, 1.82) is 0 Å². The molecule has 2 heterocycles. The number of unbranched alkanes of at least 4 members (excludes halogenated alkanes) is 2. The molecule has 1 saturated heterocycles. The van der Waals surface area contributed by atoms with E-state index in [-0.39, 0.29) is 11.9 Å². The topological polar surface area (TPSA) is 61.2 Å². The number of hydrogen-bond donors (Lipinski definition) is 1. The summed E-state index contributed by atoms with van der Waals surface area (Å²) < 4.78 is 11.8. The van der Waals surface area contributed by atoms with Gasteiger partial charge in [0.1, 0.15) is 11.3 Å². The normalized spacial score (nSPS) is 15.7. The first-order valence-electron chi connectivity index (χ1n) is 13.7. The highest BCUT2D eigenvalue weighted by Gasteiger charge is 2.19. The van der Waals surface area contributed by atoms with Gasteiger partial charge in [0.2, 0.25) is 5.91 Å². The van der Waals surface area contributed by atoms with Crippen LogP contribution in [-0.2, 0) is 4.79 Å². The van der Waals surface area contributed by atoms with Crippen LogP contribution in [0, 0.1) is 0 Å². The van der Waals surface area contributed by atoms with E-state index in [2.05, 4.69) is 33.0 Å². The summed E-state index contributed by atoms with van der Waals surface area (Å²) >= 11 is 6.02. The minimum Gasteiger partial charge on any atom is -0.493 e. The number of benzene rings is 2. The first kappa shape index (κ1) is 28.4. The quantitative estimate of drug-likeness (QED) is 0.308. The Morgan fingerprint density at radius 1 is 1.05 bits per heavy atom. The Morgan fingerprint density at radius 3 is 2.53 bits per heavy atom. The molecular formula is C30H41ClN4O3. The second kappa shape index (κ2) is 14.0.